The Morgan fingerprint density at radius 2 is 2.23 bits per heavy atom. The predicted octanol–water partition coefficient (Wildman–Crippen LogP) is 1.50. The van der Waals surface area contributed by atoms with Gasteiger partial charge in [0.25, 0.3) is 5.56 Å². The summed E-state index contributed by atoms with van der Waals surface area (Å²) in [5.74, 6) is 1.54. The van der Waals surface area contributed by atoms with Crippen molar-refractivity contribution < 1.29 is 0 Å². The lowest BCUT2D eigenvalue weighted by Crippen LogP contribution is -2.17. The lowest BCUT2D eigenvalue weighted by Gasteiger charge is -2.03. The average Bonchev–Trinajstić information content (AvgIpc) is 2.11. The van der Waals surface area contributed by atoms with Crippen molar-refractivity contribution in [3.63, 3.8) is 0 Å². The fourth-order valence-corrected chi connectivity index (χ4v) is 1.59. The first-order chi connectivity index (χ1) is 6.19. The van der Waals surface area contributed by atoms with Crippen molar-refractivity contribution in [3.05, 3.63) is 27.4 Å². The van der Waals surface area contributed by atoms with Gasteiger partial charge in [0.1, 0.15) is 5.82 Å². The summed E-state index contributed by atoms with van der Waals surface area (Å²) >= 11 is 1.66. The number of aryl methyl sites for hydroxylation is 1. The van der Waals surface area contributed by atoms with E-state index < -0.39 is 0 Å². The second-order valence-corrected chi connectivity index (χ2v) is 3.74. The molecular formula is C9H14N2OS. The normalized spacial score (nSPS) is 10.4. The highest BCUT2D eigenvalue weighted by Gasteiger charge is 2.04. The van der Waals surface area contributed by atoms with Gasteiger partial charge in [-0.25, -0.2) is 4.98 Å². The second-order valence-electron chi connectivity index (χ2n) is 2.87. The number of aromatic amines is 1. The highest BCUT2D eigenvalue weighted by Crippen LogP contribution is 2.05. The van der Waals surface area contributed by atoms with Gasteiger partial charge in [0.15, 0.2) is 0 Å². The van der Waals surface area contributed by atoms with E-state index in [9.17, 15) is 4.79 Å². The van der Waals surface area contributed by atoms with Crippen molar-refractivity contribution in [2.45, 2.75) is 26.0 Å². The van der Waals surface area contributed by atoms with Gasteiger partial charge in [-0.2, -0.15) is 11.8 Å². The van der Waals surface area contributed by atoms with E-state index >= 15 is 0 Å². The van der Waals surface area contributed by atoms with E-state index in [0.717, 1.165) is 29.3 Å². The van der Waals surface area contributed by atoms with Gasteiger partial charge in [-0.15, -0.1) is 0 Å². The molecule has 1 heterocycles. The van der Waals surface area contributed by atoms with Crippen LogP contribution in [0.25, 0.3) is 0 Å². The van der Waals surface area contributed by atoms with Gasteiger partial charge in [0.2, 0.25) is 0 Å². The molecule has 0 aliphatic rings. The third-order valence-electron chi connectivity index (χ3n) is 1.92. The molecule has 0 aliphatic heterocycles. The number of nitrogens with zero attached hydrogens (tertiary/aromatic N) is 1. The molecular weight excluding hydrogens is 184 g/mol. The monoisotopic (exact) mass is 198 g/mol. The maximum atomic E-state index is 11.4. The minimum atomic E-state index is -0.00380. The Kier molecular flexibility index (Phi) is 3.54. The van der Waals surface area contributed by atoms with E-state index in [1.807, 2.05) is 20.1 Å². The molecule has 4 heteroatoms. The predicted molar refractivity (Wildman–Crippen MR) is 56.2 cm³/mol. The Bertz CT molecular complexity index is 346. The summed E-state index contributed by atoms with van der Waals surface area (Å²) in [5, 5.41) is 0. The molecule has 1 aromatic heterocycles. The van der Waals surface area contributed by atoms with Crippen molar-refractivity contribution in [2.24, 2.45) is 0 Å². The smallest absolute Gasteiger partial charge is 0.254 e. The van der Waals surface area contributed by atoms with Crippen LogP contribution in [0.1, 0.15) is 24.0 Å². The number of rotatable bonds is 3. The summed E-state index contributed by atoms with van der Waals surface area (Å²) in [6, 6.07) is 0. The summed E-state index contributed by atoms with van der Waals surface area (Å²) < 4.78 is 0. The van der Waals surface area contributed by atoms with Crippen LogP contribution in [0.4, 0.5) is 0 Å². The van der Waals surface area contributed by atoms with Crippen LogP contribution in [-0.2, 0) is 12.2 Å². The molecule has 0 atom stereocenters. The topological polar surface area (TPSA) is 45.8 Å². The van der Waals surface area contributed by atoms with Gasteiger partial charge >= 0.3 is 0 Å². The lowest BCUT2D eigenvalue weighted by atomic mass is 10.2. The van der Waals surface area contributed by atoms with E-state index in [4.69, 9.17) is 0 Å². The van der Waals surface area contributed by atoms with Crippen molar-refractivity contribution in [3.8, 4) is 0 Å². The van der Waals surface area contributed by atoms with Crippen LogP contribution in [0, 0.1) is 6.92 Å². The molecule has 13 heavy (non-hydrogen) atoms. The van der Waals surface area contributed by atoms with E-state index in [0.29, 0.717) is 0 Å². The van der Waals surface area contributed by atoms with Crippen molar-refractivity contribution in [1.82, 2.24) is 9.97 Å². The number of aromatic nitrogens is 2. The largest absolute Gasteiger partial charge is 0.310 e. The molecule has 0 saturated carbocycles. The Morgan fingerprint density at radius 1 is 1.54 bits per heavy atom. The first kappa shape index (κ1) is 10.3. The minimum Gasteiger partial charge on any atom is -0.310 e. The van der Waals surface area contributed by atoms with Crippen LogP contribution in [0.15, 0.2) is 4.79 Å². The molecule has 0 amide bonds. The Hall–Kier alpha value is -0.770. The van der Waals surface area contributed by atoms with Crippen molar-refractivity contribution >= 4 is 11.8 Å². The van der Waals surface area contributed by atoms with Crippen LogP contribution in [0.2, 0.25) is 0 Å². The molecule has 0 fully saturated rings. The van der Waals surface area contributed by atoms with Crippen LogP contribution in [0.3, 0.4) is 0 Å². The van der Waals surface area contributed by atoms with Crippen LogP contribution < -0.4 is 5.56 Å². The molecule has 0 aliphatic carbocycles. The van der Waals surface area contributed by atoms with Gasteiger partial charge in [-0.1, -0.05) is 6.92 Å². The maximum Gasteiger partial charge on any atom is 0.254 e. The summed E-state index contributed by atoms with van der Waals surface area (Å²) in [6.45, 7) is 3.82. The highest BCUT2D eigenvalue weighted by atomic mass is 32.2. The fourth-order valence-electron chi connectivity index (χ4n) is 1.18. The van der Waals surface area contributed by atoms with Gasteiger partial charge in [-0.05, 0) is 19.6 Å². The van der Waals surface area contributed by atoms with Crippen molar-refractivity contribution in [1.29, 1.82) is 0 Å². The Labute approximate surface area is 82.0 Å². The zero-order chi connectivity index (χ0) is 9.84. The summed E-state index contributed by atoms with van der Waals surface area (Å²) in [5.41, 5.74) is 1.65. The molecule has 0 unspecified atom stereocenters. The van der Waals surface area contributed by atoms with Crippen LogP contribution in [-0.4, -0.2) is 16.2 Å². The second kappa shape index (κ2) is 4.46. The Morgan fingerprint density at radius 3 is 2.77 bits per heavy atom. The molecule has 1 aromatic rings. The van der Waals surface area contributed by atoms with E-state index in [1.54, 1.807) is 11.8 Å². The third kappa shape index (κ3) is 2.34. The number of H-pyrrole nitrogens is 1. The lowest BCUT2D eigenvalue weighted by molar-refractivity contribution is 0.896. The van der Waals surface area contributed by atoms with E-state index in [-0.39, 0.29) is 5.56 Å². The molecule has 0 radical (unpaired) electrons. The van der Waals surface area contributed by atoms with Crippen LogP contribution in [0.5, 0.6) is 0 Å². The first-order valence-corrected chi connectivity index (χ1v) is 5.66. The molecule has 1 N–H and O–H groups in total. The zero-order valence-corrected chi connectivity index (χ0v) is 8.99. The summed E-state index contributed by atoms with van der Waals surface area (Å²) in [7, 11) is 0. The van der Waals surface area contributed by atoms with Crippen LogP contribution >= 0.6 is 11.8 Å². The van der Waals surface area contributed by atoms with Gasteiger partial charge in [0, 0.05) is 5.56 Å². The van der Waals surface area contributed by atoms with Gasteiger partial charge in [0.05, 0.1) is 11.4 Å². The molecule has 3 nitrogen and oxygen atoms in total. The molecule has 72 valence electrons. The van der Waals surface area contributed by atoms with E-state index in [2.05, 4.69) is 9.97 Å². The van der Waals surface area contributed by atoms with Gasteiger partial charge < -0.3 is 4.98 Å². The molecule has 0 spiro atoms. The van der Waals surface area contributed by atoms with Gasteiger partial charge in [-0.3, -0.25) is 4.79 Å². The highest BCUT2D eigenvalue weighted by molar-refractivity contribution is 7.97. The number of hydrogen-bond donors (Lipinski definition) is 1. The van der Waals surface area contributed by atoms with Crippen molar-refractivity contribution in [2.75, 3.05) is 6.26 Å². The fraction of sp³-hybridized carbons (Fsp3) is 0.556. The number of nitrogens with one attached hydrogen (secondary N) is 1. The number of thioether (sulfide) groups is 1. The Balaban J connectivity index is 3.14. The SMILES string of the molecule is CCc1nc(CSC)[nH]c(=O)c1C. The molecule has 1 rings (SSSR count). The van der Waals surface area contributed by atoms with E-state index in [1.165, 1.54) is 0 Å². The zero-order valence-electron chi connectivity index (χ0n) is 8.18. The minimum absolute atomic E-state index is 0.00380. The molecule has 0 bridgehead atoms. The number of hydrogen-bond acceptors (Lipinski definition) is 3. The summed E-state index contributed by atoms with van der Waals surface area (Å²) in [6.07, 6.45) is 2.81. The first-order valence-electron chi connectivity index (χ1n) is 4.26. The quantitative estimate of drug-likeness (QED) is 0.800. The standard InChI is InChI=1S/C9H14N2OS/c1-4-7-6(2)9(12)11-8(10-7)5-13-3/h4-5H2,1-3H3,(H,10,11,12). The third-order valence-corrected chi connectivity index (χ3v) is 2.48. The maximum absolute atomic E-state index is 11.4. The molecule has 0 saturated heterocycles. The molecule has 0 aromatic carbocycles. The average molecular weight is 198 g/mol. The summed E-state index contributed by atoms with van der Waals surface area (Å²) in [4.78, 5) is 18.5.